The number of aromatic nitrogens is 2. The van der Waals surface area contributed by atoms with Crippen molar-refractivity contribution >= 4 is 5.78 Å². The predicted octanol–water partition coefficient (Wildman–Crippen LogP) is 4.88. The van der Waals surface area contributed by atoms with Gasteiger partial charge in [0.1, 0.15) is 0 Å². The SMILES string of the molecule is CCn1ncc(C(=O)C[C@H](c2ccccc2)[C@H](C#N)c2ccccc2)c1C. The average molecular weight is 357 g/mol. The van der Waals surface area contributed by atoms with Gasteiger partial charge in [-0.1, -0.05) is 60.7 Å². The summed E-state index contributed by atoms with van der Waals surface area (Å²) < 4.78 is 1.82. The number of carbonyl (C=O) groups excluding carboxylic acids is 1. The number of rotatable bonds is 7. The highest BCUT2D eigenvalue weighted by Gasteiger charge is 2.28. The van der Waals surface area contributed by atoms with E-state index in [0.717, 1.165) is 23.4 Å². The number of aryl methyl sites for hydroxylation is 1. The molecule has 0 fully saturated rings. The molecule has 0 amide bonds. The lowest BCUT2D eigenvalue weighted by Crippen LogP contribution is -2.15. The van der Waals surface area contributed by atoms with Crippen LogP contribution in [-0.4, -0.2) is 15.6 Å². The van der Waals surface area contributed by atoms with Gasteiger partial charge in [-0.3, -0.25) is 9.48 Å². The lowest BCUT2D eigenvalue weighted by molar-refractivity contribution is 0.0971. The minimum atomic E-state index is -0.390. The highest BCUT2D eigenvalue weighted by Crippen LogP contribution is 2.36. The lowest BCUT2D eigenvalue weighted by atomic mass is 9.78. The van der Waals surface area contributed by atoms with E-state index in [1.54, 1.807) is 6.20 Å². The summed E-state index contributed by atoms with van der Waals surface area (Å²) in [5.41, 5.74) is 3.45. The van der Waals surface area contributed by atoms with Crippen LogP contribution in [0.3, 0.4) is 0 Å². The molecule has 0 unspecified atom stereocenters. The Balaban J connectivity index is 1.97. The van der Waals surface area contributed by atoms with E-state index in [-0.39, 0.29) is 24.0 Å². The van der Waals surface area contributed by atoms with E-state index in [9.17, 15) is 10.1 Å². The standard InChI is InChI=1S/C23H23N3O/c1-3-26-17(2)22(16-25-26)23(27)14-20(18-10-6-4-7-11-18)21(15-24)19-12-8-5-9-13-19/h4-13,16,20-21H,3,14H2,1-2H3/t20-,21-/m1/s1. The topological polar surface area (TPSA) is 58.7 Å². The summed E-state index contributed by atoms with van der Waals surface area (Å²) >= 11 is 0. The first-order valence-electron chi connectivity index (χ1n) is 9.20. The van der Waals surface area contributed by atoms with Crippen LogP contribution in [-0.2, 0) is 6.54 Å². The molecule has 0 N–H and O–H groups in total. The third kappa shape index (κ3) is 3.98. The van der Waals surface area contributed by atoms with Gasteiger partial charge in [-0.15, -0.1) is 0 Å². The highest BCUT2D eigenvalue weighted by molar-refractivity contribution is 5.97. The molecule has 0 aliphatic rings. The molecule has 0 aliphatic heterocycles. The van der Waals surface area contributed by atoms with E-state index in [1.165, 1.54) is 0 Å². The second-order valence-corrected chi connectivity index (χ2v) is 6.62. The maximum atomic E-state index is 13.1. The third-order valence-corrected chi connectivity index (χ3v) is 5.04. The summed E-state index contributed by atoms with van der Waals surface area (Å²) in [6, 6.07) is 22.0. The Morgan fingerprint density at radius 1 is 1.07 bits per heavy atom. The van der Waals surface area contributed by atoms with Crippen molar-refractivity contribution in [2.45, 2.75) is 38.6 Å². The summed E-state index contributed by atoms with van der Waals surface area (Å²) in [4.78, 5) is 13.1. The molecule has 2 aromatic carbocycles. The molecule has 4 nitrogen and oxygen atoms in total. The zero-order valence-corrected chi connectivity index (χ0v) is 15.7. The van der Waals surface area contributed by atoms with Gasteiger partial charge in [0.15, 0.2) is 5.78 Å². The van der Waals surface area contributed by atoms with E-state index in [1.807, 2.05) is 79.2 Å². The van der Waals surface area contributed by atoms with Crippen molar-refractivity contribution in [3.05, 3.63) is 89.2 Å². The van der Waals surface area contributed by atoms with E-state index in [0.29, 0.717) is 5.56 Å². The Morgan fingerprint density at radius 3 is 2.19 bits per heavy atom. The van der Waals surface area contributed by atoms with Crippen molar-refractivity contribution in [1.82, 2.24) is 9.78 Å². The van der Waals surface area contributed by atoms with Gasteiger partial charge in [0.25, 0.3) is 0 Å². The number of nitriles is 1. The first kappa shape index (κ1) is 18.6. The molecule has 27 heavy (non-hydrogen) atoms. The largest absolute Gasteiger partial charge is 0.294 e. The van der Waals surface area contributed by atoms with Gasteiger partial charge < -0.3 is 0 Å². The van der Waals surface area contributed by atoms with Crippen LogP contribution in [0.4, 0.5) is 0 Å². The minimum absolute atomic E-state index is 0.0252. The van der Waals surface area contributed by atoms with Crippen LogP contribution in [0.5, 0.6) is 0 Å². The normalized spacial score (nSPS) is 12.9. The van der Waals surface area contributed by atoms with Gasteiger partial charge in [0, 0.05) is 24.6 Å². The summed E-state index contributed by atoms with van der Waals surface area (Å²) in [6.45, 7) is 4.65. The van der Waals surface area contributed by atoms with E-state index >= 15 is 0 Å². The average Bonchev–Trinajstić information content (AvgIpc) is 3.09. The number of nitrogens with zero attached hydrogens (tertiary/aromatic N) is 3. The Morgan fingerprint density at radius 2 is 1.67 bits per heavy atom. The maximum Gasteiger partial charge on any atom is 0.166 e. The quantitative estimate of drug-likeness (QED) is 0.567. The molecule has 1 heterocycles. The zero-order valence-electron chi connectivity index (χ0n) is 15.7. The van der Waals surface area contributed by atoms with Crippen LogP contribution in [0.15, 0.2) is 66.9 Å². The Kier molecular flexibility index (Phi) is 5.83. The number of hydrogen-bond donors (Lipinski definition) is 0. The van der Waals surface area contributed by atoms with Crippen LogP contribution >= 0.6 is 0 Å². The Hall–Kier alpha value is -3.19. The molecule has 0 spiro atoms. The summed E-state index contributed by atoms with van der Waals surface area (Å²) in [7, 11) is 0. The molecule has 136 valence electrons. The fourth-order valence-electron chi connectivity index (χ4n) is 3.53. The van der Waals surface area contributed by atoms with Crippen LogP contribution in [0, 0.1) is 18.3 Å². The highest BCUT2D eigenvalue weighted by atomic mass is 16.1. The Labute approximate surface area is 160 Å². The maximum absolute atomic E-state index is 13.1. The predicted molar refractivity (Wildman–Crippen MR) is 106 cm³/mol. The monoisotopic (exact) mass is 357 g/mol. The molecule has 0 aliphatic carbocycles. The molecule has 0 saturated heterocycles. The van der Waals surface area contributed by atoms with Crippen molar-refractivity contribution < 1.29 is 4.79 Å². The second-order valence-electron chi connectivity index (χ2n) is 6.62. The van der Waals surface area contributed by atoms with Crippen LogP contribution in [0.2, 0.25) is 0 Å². The number of carbonyl (C=O) groups is 1. The first-order valence-corrected chi connectivity index (χ1v) is 9.20. The molecule has 0 radical (unpaired) electrons. The molecule has 1 aromatic heterocycles. The third-order valence-electron chi connectivity index (χ3n) is 5.04. The number of hydrogen-bond acceptors (Lipinski definition) is 3. The van der Waals surface area contributed by atoms with E-state index in [2.05, 4.69) is 11.2 Å². The van der Waals surface area contributed by atoms with Crippen molar-refractivity contribution in [1.29, 1.82) is 5.26 Å². The van der Waals surface area contributed by atoms with Gasteiger partial charge in [-0.25, -0.2) is 0 Å². The van der Waals surface area contributed by atoms with Crippen LogP contribution in [0.1, 0.15) is 52.4 Å². The number of ketones is 1. The van der Waals surface area contributed by atoms with Gasteiger partial charge in [0.05, 0.1) is 23.7 Å². The van der Waals surface area contributed by atoms with E-state index < -0.39 is 0 Å². The molecule has 0 bridgehead atoms. The van der Waals surface area contributed by atoms with Gasteiger partial charge >= 0.3 is 0 Å². The summed E-state index contributed by atoms with van der Waals surface area (Å²) in [5.74, 6) is -0.577. The molecule has 2 atom stereocenters. The molecular formula is C23H23N3O. The molecular weight excluding hydrogens is 334 g/mol. The minimum Gasteiger partial charge on any atom is -0.294 e. The van der Waals surface area contributed by atoms with E-state index in [4.69, 9.17) is 0 Å². The molecule has 3 rings (SSSR count). The first-order chi connectivity index (χ1) is 13.2. The van der Waals surface area contributed by atoms with Crippen LogP contribution in [0.25, 0.3) is 0 Å². The molecule has 0 saturated carbocycles. The molecule has 4 heteroatoms. The van der Waals surface area contributed by atoms with Gasteiger partial charge in [-0.2, -0.15) is 10.4 Å². The molecule has 3 aromatic rings. The smallest absolute Gasteiger partial charge is 0.166 e. The van der Waals surface area contributed by atoms with Crippen molar-refractivity contribution in [3.63, 3.8) is 0 Å². The zero-order chi connectivity index (χ0) is 19.2. The van der Waals surface area contributed by atoms with Crippen molar-refractivity contribution in [2.24, 2.45) is 0 Å². The summed E-state index contributed by atoms with van der Waals surface area (Å²) in [5, 5.41) is 14.2. The van der Waals surface area contributed by atoms with Crippen molar-refractivity contribution in [2.75, 3.05) is 0 Å². The lowest BCUT2D eigenvalue weighted by Gasteiger charge is -2.22. The Bertz CT molecular complexity index is 939. The van der Waals surface area contributed by atoms with Crippen LogP contribution < -0.4 is 0 Å². The van der Waals surface area contributed by atoms with Gasteiger partial charge in [0.2, 0.25) is 0 Å². The number of Topliss-reactive ketones (excluding diaryl/α,β-unsaturated/α-hetero) is 1. The fraction of sp³-hybridized carbons (Fsp3) is 0.261. The summed E-state index contributed by atoms with van der Waals surface area (Å²) in [6.07, 6.45) is 1.92. The fourth-order valence-corrected chi connectivity index (χ4v) is 3.53. The number of benzene rings is 2. The van der Waals surface area contributed by atoms with Crippen molar-refractivity contribution in [3.8, 4) is 6.07 Å². The second kappa shape index (κ2) is 8.46. The van der Waals surface area contributed by atoms with Gasteiger partial charge in [-0.05, 0) is 25.0 Å².